The highest BCUT2D eigenvalue weighted by Crippen LogP contribution is 2.36. The number of amides is 3. The van der Waals surface area contributed by atoms with Crippen LogP contribution in [0.25, 0.3) is 6.08 Å². The average molecular weight is 683 g/mol. The summed E-state index contributed by atoms with van der Waals surface area (Å²) >= 11 is 11.2. The van der Waals surface area contributed by atoms with Gasteiger partial charge in [-0.3, -0.25) is 19.3 Å². The molecule has 0 aliphatic carbocycles. The molecule has 6 nitrogen and oxygen atoms in total. The van der Waals surface area contributed by atoms with Crippen LogP contribution in [0.1, 0.15) is 18.1 Å². The number of anilines is 1. The molecule has 2 aromatic carbocycles. The van der Waals surface area contributed by atoms with Crippen molar-refractivity contribution in [3.05, 3.63) is 58.5 Å². The van der Waals surface area contributed by atoms with Gasteiger partial charge in [-0.15, -0.1) is 0 Å². The van der Waals surface area contributed by atoms with Gasteiger partial charge in [0.25, 0.3) is 11.1 Å². The van der Waals surface area contributed by atoms with Gasteiger partial charge in [0.15, 0.2) is 0 Å². The number of hydrogen-bond acceptors (Lipinski definition) is 5. The molecule has 1 aliphatic rings. The van der Waals surface area contributed by atoms with Gasteiger partial charge >= 0.3 is 0 Å². The van der Waals surface area contributed by atoms with Crippen LogP contribution in [0.5, 0.6) is 5.75 Å². The van der Waals surface area contributed by atoms with Crippen molar-refractivity contribution >= 4 is 97.4 Å². The first kappa shape index (κ1) is 24.3. The van der Waals surface area contributed by atoms with E-state index in [0.717, 1.165) is 29.4 Å². The minimum atomic E-state index is -0.511. The number of carbonyl (C=O) groups is 3. The third-order valence-electron chi connectivity index (χ3n) is 4.24. The monoisotopic (exact) mass is 682 g/mol. The summed E-state index contributed by atoms with van der Waals surface area (Å²) in [6, 6.07) is 8.96. The molecule has 0 spiro atoms. The van der Waals surface area contributed by atoms with Crippen molar-refractivity contribution in [1.82, 2.24) is 4.90 Å². The van der Waals surface area contributed by atoms with Gasteiger partial charge in [-0.2, -0.15) is 0 Å². The SMILES string of the molecule is CCOc1c(I)cc(I)cc1/C=C1/SC(=O)N(CC(=O)Nc2ccc(C)c(Cl)c2)C1=O. The van der Waals surface area contributed by atoms with E-state index in [0.29, 0.717) is 28.6 Å². The van der Waals surface area contributed by atoms with Gasteiger partial charge in [-0.1, -0.05) is 17.7 Å². The summed E-state index contributed by atoms with van der Waals surface area (Å²) in [5.74, 6) is -0.338. The number of thioether (sulfide) groups is 1. The molecule has 1 heterocycles. The van der Waals surface area contributed by atoms with Crippen LogP contribution >= 0.6 is 68.5 Å². The molecule has 1 aliphatic heterocycles. The predicted molar refractivity (Wildman–Crippen MR) is 141 cm³/mol. The second kappa shape index (κ2) is 10.5. The van der Waals surface area contributed by atoms with E-state index in [1.54, 1.807) is 24.3 Å². The van der Waals surface area contributed by atoms with E-state index in [9.17, 15) is 14.4 Å². The van der Waals surface area contributed by atoms with E-state index in [-0.39, 0.29) is 11.4 Å². The van der Waals surface area contributed by atoms with Gasteiger partial charge in [0.05, 0.1) is 15.1 Å². The third kappa shape index (κ3) is 5.93. The van der Waals surface area contributed by atoms with Crippen LogP contribution in [0.2, 0.25) is 5.02 Å². The maximum absolute atomic E-state index is 12.8. The molecule has 3 amide bonds. The normalized spacial score (nSPS) is 15.0. The van der Waals surface area contributed by atoms with Crippen LogP contribution in [0.4, 0.5) is 10.5 Å². The number of nitrogens with zero attached hydrogens (tertiary/aromatic N) is 1. The van der Waals surface area contributed by atoms with Crippen molar-refractivity contribution < 1.29 is 19.1 Å². The molecule has 0 bridgehead atoms. The van der Waals surface area contributed by atoms with E-state index in [1.165, 1.54) is 0 Å². The highest BCUT2D eigenvalue weighted by atomic mass is 127. The van der Waals surface area contributed by atoms with Gasteiger partial charge in [-0.05, 0) is 107 Å². The minimum Gasteiger partial charge on any atom is -0.492 e. The topological polar surface area (TPSA) is 75.7 Å². The van der Waals surface area contributed by atoms with Crippen molar-refractivity contribution in [1.29, 1.82) is 0 Å². The molecule has 0 aromatic heterocycles. The molecule has 0 atom stereocenters. The first-order valence-corrected chi connectivity index (χ1v) is 12.5. The van der Waals surface area contributed by atoms with E-state index in [4.69, 9.17) is 16.3 Å². The molecule has 31 heavy (non-hydrogen) atoms. The fraction of sp³-hybridized carbons (Fsp3) is 0.190. The quantitative estimate of drug-likeness (QED) is 0.302. The average Bonchev–Trinajstić information content (AvgIpc) is 2.95. The Labute approximate surface area is 216 Å². The maximum Gasteiger partial charge on any atom is 0.294 e. The number of ether oxygens (including phenoxy) is 1. The zero-order chi connectivity index (χ0) is 22.7. The smallest absolute Gasteiger partial charge is 0.294 e. The van der Waals surface area contributed by atoms with E-state index < -0.39 is 17.1 Å². The van der Waals surface area contributed by atoms with Crippen LogP contribution in [0.3, 0.4) is 0 Å². The Morgan fingerprint density at radius 3 is 2.68 bits per heavy atom. The Kier molecular flexibility index (Phi) is 8.27. The molecule has 162 valence electrons. The molecule has 1 fully saturated rings. The lowest BCUT2D eigenvalue weighted by Gasteiger charge is -2.13. The van der Waals surface area contributed by atoms with Crippen molar-refractivity contribution in [2.75, 3.05) is 18.5 Å². The van der Waals surface area contributed by atoms with E-state index in [2.05, 4.69) is 50.5 Å². The first-order valence-electron chi connectivity index (χ1n) is 9.12. The summed E-state index contributed by atoms with van der Waals surface area (Å²) in [7, 11) is 0. The largest absolute Gasteiger partial charge is 0.492 e. The van der Waals surface area contributed by atoms with Gasteiger partial charge in [0, 0.05) is 19.8 Å². The summed E-state index contributed by atoms with van der Waals surface area (Å²) < 4.78 is 7.61. The van der Waals surface area contributed by atoms with Gasteiger partial charge in [-0.25, -0.2) is 0 Å². The highest BCUT2D eigenvalue weighted by Gasteiger charge is 2.36. The summed E-state index contributed by atoms with van der Waals surface area (Å²) in [5, 5.41) is 2.69. The van der Waals surface area contributed by atoms with Gasteiger partial charge in [0.2, 0.25) is 5.91 Å². The Morgan fingerprint density at radius 2 is 2.00 bits per heavy atom. The third-order valence-corrected chi connectivity index (χ3v) is 6.98. The number of aryl methyl sites for hydroxylation is 1. The van der Waals surface area contributed by atoms with Crippen LogP contribution in [0.15, 0.2) is 35.2 Å². The first-order chi connectivity index (χ1) is 14.7. The predicted octanol–water partition coefficient (Wildman–Crippen LogP) is 5.93. The second-order valence-corrected chi connectivity index (χ2v) is 10.3. The number of halogens is 3. The van der Waals surface area contributed by atoms with Crippen LogP contribution in [-0.2, 0) is 9.59 Å². The molecular weight excluding hydrogens is 666 g/mol. The van der Waals surface area contributed by atoms with Crippen molar-refractivity contribution in [3.63, 3.8) is 0 Å². The lowest BCUT2D eigenvalue weighted by atomic mass is 10.2. The Balaban J connectivity index is 1.78. The number of imide groups is 1. The molecule has 2 aromatic rings. The van der Waals surface area contributed by atoms with E-state index >= 15 is 0 Å². The minimum absolute atomic E-state index is 0.245. The highest BCUT2D eigenvalue weighted by molar-refractivity contribution is 14.1. The molecular formula is C21H17ClI2N2O4S. The van der Waals surface area contributed by atoms with Crippen molar-refractivity contribution in [2.45, 2.75) is 13.8 Å². The van der Waals surface area contributed by atoms with Crippen molar-refractivity contribution in [3.8, 4) is 5.75 Å². The molecule has 1 N–H and O–H groups in total. The fourth-order valence-electron chi connectivity index (χ4n) is 2.78. The zero-order valence-electron chi connectivity index (χ0n) is 16.5. The lowest BCUT2D eigenvalue weighted by molar-refractivity contribution is -0.127. The number of carbonyl (C=O) groups excluding carboxylic acids is 3. The summed E-state index contributed by atoms with van der Waals surface area (Å²) in [6.45, 7) is 3.83. The summed E-state index contributed by atoms with van der Waals surface area (Å²) in [6.07, 6.45) is 1.64. The van der Waals surface area contributed by atoms with Gasteiger partial charge < -0.3 is 10.1 Å². The molecule has 3 rings (SSSR count). The summed E-state index contributed by atoms with van der Waals surface area (Å²) in [5.41, 5.74) is 2.09. The molecule has 0 saturated carbocycles. The number of hydrogen-bond donors (Lipinski definition) is 1. The van der Waals surface area contributed by atoms with Crippen molar-refractivity contribution in [2.24, 2.45) is 0 Å². The van der Waals surface area contributed by atoms with Crippen LogP contribution in [0, 0.1) is 14.1 Å². The van der Waals surface area contributed by atoms with Crippen LogP contribution < -0.4 is 10.1 Å². The molecule has 0 radical (unpaired) electrons. The maximum atomic E-state index is 12.8. The molecule has 0 unspecified atom stereocenters. The van der Waals surface area contributed by atoms with E-state index in [1.807, 2.05) is 26.0 Å². The zero-order valence-corrected chi connectivity index (χ0v) is 22.4. The van der Waals surface area contributed by atoms with Gasteiger partial charge in [0.1, 0.15) is 12.3 Å². The number of nitrogens with one attached hydrogen (secondary N) is 1. The summed E-state index contributed by atoms with van der Waals surface area (Å²) in [4.78, 5) is 38.8. The Bertz CT molecular complexity index is 1110. The van der Waals surface area contributed by atoms with Crippen LogP contribution in [-0.4, -0.2) is 35.1 Å². The Morgan fingerprint density at radius 1 is 1.26 bits per heavy atom. The number of benzene rings is 2. The standard InChI is InChI=1S/C21H17ClI2N2O4S/c1-3-30-19-12(6-13(23)8-16(19)24)7-17-20(28)26(21(29)31-17)10-18(27)25-14-5-4-11(2)15(22)9-14/h4-9H,3,10H2,1-2H3,(H,25,27)/b17-7+. The lowest BCUT2D eigenvalue weighted by Crippen LogP contribution is -2.36. The molecule has 10 heteroatoms. The Hall–Kier alpha value is -1.31. The molecule has 1 saturated heterocycles. The second-order valence-electron chi connectivity index (χ2n) is 6.52. The fourth-order valence-corrected chi connectivity index (χ4v) is 5.83. The number of rotatable bonds is 6.